The Morgan fingerprint density at radius 3 is 2.61 bits per heavy atom. The number of nitrogens with zero attached hydrogens (tertiary/aromatic N) is 2. The van der Waals surface area contributed by atoms with Gasteiger partial charge in [-0.2, -0.15) is 0 Å². The summed E-state index contributed by atoms with van der Waals surface area (Å²) >= 11 is 0. The summed E-state index contributed by atoms with van der Waals surface area (Å²) < 4.78 is 10.2. The molecule has 0 radical (unpaired) electrons. The van der Waals surface area contributed by atoms with Crippen molar-refractivity contribution >= 4 is 17.8 Å². The van der Waals surface area contributed by atoms with Crippen LogP contribution in [0.25, 0.3) is 0 Å². The SMILES string of the molecule is CC1=C(N2CC#CC3(CCC(N(C)CCc4ccc5c(c4)COC5=O)CC3)C2=O)COC1=O. The highest BCUT2D eigenvalue weighted by Crippen LogP contribution is 2.41. The van der Waals surface area contributed by atoms with E-state index in [-0.39, 0.29) is 24.5 Å². The molecule has 0 atom stereocenters. The molecule has 172 valence electrons. The third kappa shape index (κ3) is 3.83. The number of cyclic esters (lactones) is 2. The normalized spacial score (nSPS) is 26.5. The predicted molar refractivity (Wildman–Crippen MR) is 120 cm³/mol. The molecule has 0 unspecified atom stereocenters. The topological polar surface area (TPSA) is 76.2 Å². The molecule has 1 saturated carbocycles. The second kappa shape index (κ2) is 8.35. The zero-order valence-electron chi connectivity index (χ0n) is 19.1. The maximum Gasteiger partial charge on any atom is 0.338 e. The van der Waals surface area contributed by atoms with Crippen LogP contribution in [-0.2, 0) is 32.1 Å². The molecule has 5 rings (SSSR count). The number of esters is 2. The molecule has 1 amide bonds. The number of fused-ring (bicyclic) bond motifs is 1. The Morgan fingerprint density at radius 2 is 1.88 bits per heavy atom. The molecule has 7 nitrogen and oxygen atoms in total. The molecular formula is C26H28N2O5. The lowest BCUT2D eigenvalue weighted by molar-refractivity contribution is -0.140. The lowest BCUT2D eigenvalue weighted by Gasteiger charge is -2.42. The second-order valence-electron chi connectivity index (χ2n) is 9.45. The van der Waals surface area contributed by atoms with Crippen LogP contribution in [0.5, 0.6) is 0 Å². The molecule has 0 aromatic heterocycles. The van der Waals surface area contributed by atoms with Gasteiger partial charge in [-0.3, -0.25) is 9.69 Å². The van der Waals surface area contributed by atoms with Gasteiger partial charge >= 0.3 is 11.9 Å². The summed E-state index contributed by atoms with van der Waals surface area (Å²) in [5.41, 5.74) is 3.38. The Kier molecular flexibility index (Phi) is 5.49. The van der Waals surface area contributed by atoms with E-state index in [9.17, 15) is 14.4 Å². The van der Waals surface area contributed by atoms with Crippen LogP contribution < -0.4 is 0 Å². The highest BCUT2D eigenvalue weighted by molar-refractivity contribution is 5.95. The van der Waals surface area contributed by atoms with Crippen LogP contribution in [0.15, 0.2) is 29.5 Å². The molecular weight excluding hydrogens is 420 g/mol. The minimum Gasteiger partial charge on any atom is -0.457 e. The van der Waals surface area contributed by atoms with E-state index in [1.54, 1.807) is 11.8 Å². The quantitative estimate of drug-likeness (QED) is 0.509. The Hall–Kier alpha value is -3.11. The largest absolute Gasteiger partial charge is 0.457 e. The summed E-state index contributed by atoms with van der Waals surface area (Å²) in [6.07, 6.45) is 4.16. The van der Waals surface area contributed by atoms with Crippen molar-refractivity contribution in [2.24, 2.45) is 5.41 Å². The van der Waals surface area contributed by atoms with E-state index in [2.05, 4.69) is 29.9 Å². The number of amides is 1. The average Bonchev–Trinajstić information content (AvgIpc) is 3.36. The second-order valence-corrected chi connectivity index (χ2v) is 9.45. The molecule has 1 spiro atoms. The number of hydrogen-bond acceptors (Lipinski definition) is 6. The first-order chi connectivity index (χ1) is 15.9. The summed E-state index contributed by atoms with van der Waals surface area (Å²) in [7, 11) is 2.14. The smallest absolute Gasteiger partial charge is 0.338 e. The van der Waals surface area contributed by atoms with Crippen molar-refractivity contribution in [1.82, 2.24) is 9.80 Å². The molecule has 0 saturated heterocycles. The zero-order chi connectivity index (χ0) is 23.2. The molecule has 3 heterocycles. The number of benzene rings is 1. The van der Waals surface area contributed by atoms with Gasteiger partial charge in [-0.05, 0) is 57.7 Å². The summed E-state index contributed by atoms with van der Waals surface area (Å²) in [5.74, 6) is 5.86. The van der Waals surface area contributed by atoms with Crippen molar-refractivity contribution in [2.45, 2.75) is 51.7 Å². The molecule has 1 fully saturated rings. The number of ether oxygens (including phenoxy) is 2. The first-order valence-electron chi connectivity index (χ1n) is 11.6. The third-order valence-electron chi connectivity index (χ3n) is 7.56. The monoisotopic (exact) mass is 448 g/mol. The van der Waals surface area contributed by atoms with Gasteiger partial charge in [0.2, 0.25) is 5.91 Å². The first kappa shape index (κ1) is 21.7. The van der Waals surface area contributed by atoms with Crippen molar-refractivity contribution in [3.8, 4) is 11.8 Å². The standard InChI is InChI=1S/C26H28N2O5/c1-17-22(16-33-23(17)29)28-12-3-9-26(25(28)31)10-6-20(7-11-26)27(2)13-8-18-4-5-21-19(14-18)15-32-24(21)30/h4-5,14,20H,6-8,10-13,15-16H2,1-2H3. The minimum atomic E-state index is -0.652. The van der Waals surface area contributed by atoms with E-state index in [0.29, 0.717) is 36.0 Å². The number of carbonyl (C=O) groups is 3. The molecule has 1 aromatic rings. The van der Waals surface area contributed by atoms with E-state index in [4.69, 9.17) is 9.47 Å². The maximum atomic E-state index is 13.4. The molecule has 4 aliphatic rings. The fourth-order valence-corrected chi connectivity index (χ4v) is 5.34. The maximum absolute atomic E-state index is 13.4. The Balaban J connectivity index is 1.19. The molecule has 1 aromatic carbocycles. The molecule has 1 aliphatic carbocycles. The number of likely N-dealkylation sites (N-methyl/N-ethyl adjacent to an activating group) is 1. The van der Waals surface area contributed by atoms with Gasteiger partial charge in [0.25, 0.3) is 0 Å². The van der Waals surface area contributed by atoms with Gasteiger partial charge in [0.1, 0.15) is 18.6 Å². The fourth-order valence-electron chi connectivity index (χ4n) is 5.34. The lowest BCUT2D eigenvalue weighted by atomic mass is 9.70. The van der Waals surface area contributed by atoms with Crippen molar-refractivity contribution in [3.63, 3.8) is 0 Å². The van der Waals surface area contributed by atoms with E-state index in [1.807, 2.05) is 12.1 Å². The molecule has 0 bridgehead atoms. The lowest BCUT2D eigenvalue weighted by Crippen LogP contribution is -2.50. The van der Waals surface area contributed by atoms with Gasteiger partial charge in [-0.25, -0.2) is 9.59 Å². The molecule has 33 heavy (non-hydrogen) atoms. The van der Waals surface area contributed by atoms with Crippen LogP contribution in [0.1, 0.15) is 54.1 Å². The molecule has 7 heteroatoms. The molecule has 3 aliphatic heterocycles. The van der Waals surface area contributed by atoms with E-state index in [0.717, 1.165) is 44.2 Å². The highest BCUT2D eigenvalue weighted by Gasteiger charge is 2.46. The van der Waals surface area contributed by atoms with E-state index >= 15 is 0 Å². The number of carbonyl (C=O) groups excluding carboxylic acids is 3. The van der Waals surface area contributed by atoms with Gasteiger partial charge in [0.05, 0.1) is 23.4 Å². The van der Waals surface area contributed by atoms with Crippen LogP contribution in [0, 0.1) is 17.3 Å². The van der Waals surface area contributed by atoms with Crippen molar-refractivity contribution in [2.75, 3.05) is 26.7 Å². The average molecular weight is 449 g/mol. The van der Waals surface area contributed by atoms with Gasteiger partial charge in [0.15, 0.2) is 0 Å². The van der Waals surface area contributed by atoms with Crippen LogP contribution in [0.3, 0.4) is 0 Å². The third-order valence-corrected chi connectivity index (χ3v) is 7.56. The summed E-state index contributed by atoms with van der Waals surface area (Å²) in [6, 6.07) is 6.35. The predicted octanol–water partition coefficient (Wildman–Crippen LogP) is 2.44. The van der Waals surface area contributed by atoms with Gasteiger partial charge in [0, 0.05) is 18.2 Å². The highest BCUT2D eigenvalue weighted by atomic mass is 16.5. The van der Waals surface area contributed by atoms with Crippen LogP contribution in [0.4, 0.5) is 0 Å². The van der Waals surface area contributed by atoms with Gasteiger partial charge in [-0.1, -0.05) is 24.0 Å². The Labute approximate surface area is 193 Å². The first-order valence-corrected chi connectivity index (χ1v) is 11.6. The van der Waals surface area contributed by atoms with Crippen LogP contribution >= 0.6 is 0 Å². The van der Waals surface area contributed by atoms with Crippen molar-refractivity contribution < 1.29 is 23.9 Å². The summed E-state index contributed by atoms with van der Waals surface area (Å²) in [5, 5.41) is 0. The van der Waals surface area contributed by atoms with Gasteiger partial charge in [-0.15, -0.1) is 0 Å². The number of hydrogen-bond donors (Lipinski definition) is 0. The Morgan fingerprint density at radius 1 is 1.12 bits per heavy atom. The van der Waals surface area contributed by atoms with Crippen molar-refractivity contribution in [1.29, 1.82) is 0 Å². The number of rotatable bonds is 5. The van der Waals surface area contributed by atoms with Crippen molar-refractivity contribution in [3.05, 3.63) is 46.2 Å². The molecule has 0 N–H and O–H groups in total. The van der Waals surface area contributed by atoms with E-state index in [1.165, 1.54) is 5.56 Å². The summed E-state index contributed by atoms with van der Waals surface area (Å²) in [4.78, 5) is 40.9. The minimum absolute atomic E-state index is 0.0184. The Bertz CT molecular complexity index is 1120. The van der Waals surface area contributed by atoms with Crippen LogP contribution in [0.2, 0.25) is 0 Å². The van der Waals surface area contributed by atoms with Crippen LogP contribution in [-0.4, -0.2) is 60.4 Å². The van der Waals surface area contributed by atoms with Gasteiger partial charge < -0.3 is 14.4 Å². The van der Waals surface area contributed by atoms with E-state index < -0.39 is 5.41 Å². The summed E-state index contributed by atoms with van der Waals surface area (Å²) in [6.45, 7) is 3.46. The zero-order valence-corrected chi connectivity index (χ0v) is 19.1. The fraction of sp³-hybridized carbons (Fsp3) is 0.500.